The first-order chi connectivity index (χ1) is 10.3. The molecule has 0 bridgehead atoms. The summed E-state index contributed by atoms with van der Waals surface area (Å²) in [6.45, 7) is 0.717. The van der Waals surface area contributed by atoms with Crippen molar-refractivity contribution in [2.24, 2.45) is 11.7 Å². The standard InChI is InChI=1S/C14H19N3O4S/c1-22(20,21)17-8-6-11(7-9-17)14(19)16-12-4-2-10(3-5-12)13(15)18/h2-5,11H,6-9H2,1H3,(H2,15,18)(H,16,19). The largest absolute Gasteiger partial charge is 0.366 e. The first-order valence-electron chi connectivity index (χ1n) is 6.93. The summed E-state index contributed by atoms with van der Waals surface area (Å²) in [6, 6.07) is 6.32. The van der Waals surface area contributed by atoms with Gasteiger partial charge in [0.2, 0.25) is 21.8 Å². The fourth-order valence-corrected chi connectivity index (χ4v) is 3.29. The molecule has 1 saturated heterocycles. The SMILES string of the molecule is CS(=O)(=O)N1CCC(C(=O)Nc2ccc(C(N)=O)cc2)CC1. The van der Waals surface area contributed by atoms with E-state index in [1.54, 1.807) is 24.3 Å². The van der Waals surface area contributed by atoms with Gasteiger partial charge in [0.15, 0.2) is 0 Å². The summed E-state index contributed by atoms with van der Waals surface area (Å²) in [6.07, 6.45) is 2.17. The van der Waals surface area contributed by atoms with Crippen molar-refractivity contribution in [3.63, 3.8) is 0 Å². The molecule has 3 N–H and O–H groups in total. The second-order valence-electron chi connectivity index (χ2n) is 5.37. The molecule has 1 aromatic carbocycles. The van der Waals surface area contributed by atoms with E-state index in [9.17, 15) is 18.0 Å². The maximum absolute atomic E-state index is 12.2. The lowest BCUT2D eigenvalue weighted by Gasteiger charge is -2.29. The maximum atomic E-state index is 12.2. The Kier molecular flexibility index (Phi) is 4.82. The van der Waals surface area contributed by atoms with Gasteiger partial charge >= 0.3 is 0 Å². The van der Waals surface area contributed by atoms with Gasteiger partial charge in [0.1, 0.15) is 0 Å². The molecular formula is C14H19N3O4S. The lowest BCUT2D eigenvalue weighted by Crippen LogP contribution is -2.40. The number of carbonyl (C=O) groups is 2. The van der Waals surface area contributed by atoms with E-state index in [-0.39, 0.29) is 11.8 Å². The van der Waals surface area contributed by atoms with Crippen LogP contribution < -0.4 is 11.1 Å². The highest BCUT2D eigenvalue weighted by Crippen LogP contribution is 2.21. The Morgan fingerprint density at radius 2 is 1.73 bits per heavy atom. The van der Waals surface area contributed by atoms with Crippen molar-refractivity contribution in [1.29, 1.82) is 0 Å². The van der Waals surface area contributed by atoms with Crippen LogP contribution in [0.4, 0.5) is 5.69 Å². The number of primary amides is 1. The van der Waals surface area contributed by atoms with Gasteiger partial charge in [-0.05, 0) is 37.1 Å². The van der Waals surface area contributed by atoms with Crippen molar-refractivity contribution < 1.29 is 18.0 Å². The van der Waals surface area contributed by atoms with Crippen molar-refractivity contribution in [2.75, 3.05) is 24.7 Å². The average molecular weight is 325 g/mol. The van der Waals surface area contributed by atoms with E-state index in [2.05, 4.69) is 5.32 Å². The minimum Gasteiger partial charge on any atom is -0.366 e. The van der Waals surface area contributed by atoms with Crippen LogP contribution in [-0.4, -0.2) is 43.9 Å². The Bertz CT molecular complexity index is 662. The lowest BCUT2D eigenvalue weighted by atomic mass is 9.97. The first kappa shape index (κ1) is 16.4. The molecule has 2 amide bonds. The third kappa shape index (κ3) is 4.05. The molecule has 1 heterocycles. The van der Waals surface area contributed by atoms with Gasteiger partial charge in [-0.3, -0.25) is 9.59 Å². The highest BCUT2D eigenvalue weighted by molar-refractivity contribution is 7.88. The highest BCUT2D eigenvalue weighted by atomic mass is 32.2. The Morgan fingerprint density at radius 1 is 1.18 bits per heavy atom. The molecule has 2 rings (SSSR count). The monoisotopic (exact) mass is 325 g/mol. The summed E-state index contributed by atoms with van der Waals surface area (Å²) < 4.78 is 24.2. The molecule has 0 aromatic heterocycles. The van der Waals surface area contributed by atoms with Crippen LogP contribution >= 0.6 is 0 Å². The normalized spacial score (nSPS) is 17.1. The Hall–Kier alpha value is -1.93. The third-order valence-corrected chi connectivity index (χ3v) is 5.03. The number of anilines is 1. The summed E-state index contributed by atoms with van der Waals surface area (Å²) in [5, 5.41) is 2.77. The topological polar surface area (TPSA) is 110 Å². The zero-order valence-corrected chi connectivity index (χ0v) is 13.1. The number of benzene rings is 1. The van der Waals surface area contributed by atoms with Crippen LogP contribution in [0.1, 0.15) is 23.2 Å². The molecule has 0 spiro atoms. The minimum absolute atomic E-state index is 0.139. The molecule has 8 heteroatoms. The van der Waals surface area contributed by atoms with Gasteiger partial charge < -0.3 is 11.1 Å². The van der Waals surface area contributed by atoms with Crippen molar-refractivity contribution >= 4 is 27.5 Å². The maximum Gasteiger partial charge on any atom is 0.248 e. The van der Waals surface area contributed by atoms with E-state index in [0.29, 0.717) is 37.2 Å². The molecule has 22 heavy (non-hydrogen) atoms. The van der Waals surface area contributed by atoms with Crippen molar-refractivity contribution in [3.8, 4) is 0 Å². The molecule has 0 radical (unpaired) electrons. The Balaban J connectivity index is 1.92. The van der Waals surface area contributed by atoms with Crippen LogP contribution in [0.3, 0.4) is 0 Å². The summed E-state index contributed by atoms with van der Waals surface area (Å²) in [7, 11) is -3.19. The summed E-state index contributed by atoms with van der Waals surface area (Å²) in [4.78, 5) is 23.1. The van der Waals surface area contributed by atoms with Crippen LogP contribution in [0.2, 0.25) is 0 Å². The zero-order chi connectivity index (χ0) is 16.3. The zero-order valence-electron chi connectivity index (χ0n) is 12.3. The molecule has 7 nitrogen and oxygen atoms in total. The van der Waals surface area contributed by atoms with Gasteiger partial charge in [-0.2, -0.15) is 0 Å². The molecule has 1 fully saturated rings. The molecule has 0 atom stereocenters. The van der Waals surface area contributed by atoms with E-state index < -0.39 is 15.9 Å². The predicted octanol–water partition coefficient (Wildman–Crippen LogP) is 0.396. The van der Waals surface area contributed by atoms with Gasteiger partial charge in [-0.1, -0.05) is 0 Å². The van der Waals surface area contributed by atoms with Crippen molar-refractivity contribution in [2.45, 2.75) is 12.8 Å². The summed E-state index contributed by atoms with van der Waals surface area (Å²) in [5.74, 6) is -0.875. The third-order valence-electron chi connectivity index (χ3n) is 3.73. The highest BCUT2D eigenvalue weighted by Gasteiger charge is 2.28. The van der Waals surface area contributed by atoms with Gasteiger partial charge in [-0.15, -0.1) is 0 Å². The summed E-state index contributed by atoms with van der Waals surface area (Å²) in [5.41, 5.74) is 6.11. The lowest BCUT2D eigenvalue weighted by molar-refractivity contribution is -0.120. The van der Waals surface area contributed by atoms with Gasteiger partial charge in [0.25, 0.3) is 0 Å². The van der Waals surface area contributed by atoms with Crippen LogP contribution in [0.5, 0.6) is 0 Å². The van der Waals surface area contributed by atoms with E-state index >= 15 is 0 Å². The molecule has 1 aliphatic heterocycles. The number of nitrogens with one attached hydrogen (secondary N) is 1. The number of nitrogens with two attached hydrogens (primary N) is 1. The van der Waals surface area contributed by atoms with Crippen molar-refractivity contribution in [1.82, 2.24) is 4.31 Å². The number of hydrogen-bond acceptors (Lipinski definition) is 4. The average Bonchev–Trinajstić information content (AvgIpc) is 2.47. The first-order valence-corrected chi connectivity index (χ1v) is 8.78. The van der Waals surface area contributed by atoms with Crippen LogP contribution in [-0.2, 0) is 14.8 Å². The van der Waals surface area contributed by atoms with Crippen LogP contribution in [0.15, 0.2) is 24.3 Å². The fourth-order valence-electron chi connectivity index (χ4n) is 2.41. The number of piperidine rings is 1. The smallest absolute Gasteiger partial charge is 0.248 e. The van der Waals surface area contributed by atoms with E-state index in [1.807, 2.05) is 0 Å². The minimum atomic E-state index is -3.19. The number of sulfonamides is 1. The predicted molar refractivity (Wildman–Crippen MR) is 82.7 cm³/mol. The molecule has 1 aliphatic rings. The Morgan fingerprint density at radius 3 is 2.18 bits per heavy atom. The quantitative estimate of drug-likeness (QED) is 0.834. The molecule has 0 aliphatic carbocycles. The molecule has 0 saturated carbocycles. The van der Waals surface area contributed by atoms with Crippen molar-refractivity contribution in [3.05, 3.63) is 29.8 Å². The van der Waals surface area contributed by atoms with Crippen LogP contribution in [0, 0.1) is 5.92 Å². The van der Waals surface area contributed by atoms with Gasteiger partial charge in [0.05, 0.1) is 6.26 Å². The second kappa shape index (κ2) is 6.45. The van der Waals surface area contributed by atoms with E-state index in [0.717, 1.165) is 0 Å². The number of rotatable bonds is 4. The fraction of sp³-hybridized carbons (Fsp3) is 0.429. The van der Waals surface area contributed by atoms with Gasteiger partial charge in [0, 0.05) is 30.3 Å². The second-order valence-corrected chi connectivity index (χ2v) is 7.35. The van der Waals surface area contributed by atoms with Crippen LogP contribution in [0.25, 0.3) is 0 Å². The molecular weight excluding hydrogens is 306 g/mol. The molecule has 120 valence electrons. The van der Waals surface area contributed by atoms with E-state index in [1.165, 1.54) is 10.6 Å². The summed E-state index contributed by atoms with van der Waals surface area (Å²) >= 11 is 0. The number of amides is 2. The van der Waals surface area contributed by atoms with E-state index in [4.69, 9.17) is 5.73 Å². The number of nitrogens with zero attached hydrogens (tertiary/aromatic N) is 1. The number of carbonyl (C=O) groups excluding carboxylic acids is 2. The Labute approximate surface area is 129 Å². The number of hydrogen-bond donors (Lipinski definition) is 2. The molecule has 0 unspecified atom stereocenters. The van der Waals surface area contributed by atoms with Gasteiger partial charge in [-0.25, -0.2) is 12.7 Å². The molecule has 1 aromatic rings.